The first-order valence-corrected chi connectivity index (χ1v) is 9.02. The van der Waals surface area contributed by atoms with Crippen LogP contribution >= 0.6 is 0 Å². The van der Waals surface area contributed by atoms with Crippen LogP contribution in [-0.2, 0) is 22.4 Å². The Kier molecular flexibility index (Phi) is 5.26. The van der Waals surface area contributed by atoms with Crippen molar-refractivity contribution in [3.05, 3.63) is 53.6 Å². The SMILES string of the molecule is CCc1cccc(CC)c1NC(=O)C(C)N1C(=O)COc2ccccc21. The molecule has 0 radical (unpaired) electrons. The van der Waals surface area contributed by atoms with Crippen LogP contribution in [0.15, 0.2) is 42.5 Å². The van der Waals surface area contributed by atoms with E-state index in [1.165, 1.54) is 4.90 Å². The molecule has 2 amide bonds. The van der Waals surface area contributed by atoms with Gasteiger partial charge in [0.15, 0.2) is 6.61 Å². The second-order valence-corrected chi connectivity index (χ2v) is 6.34. The molecule has 0 aromatic heterocycles. The highest BCUT2D eigenvalue weighted by Crippen LogP contribution is 2.33. The number of hydrogen-bond donors (Lipinski definition) is 1. The predicted octanol–water partition coefficient (Wildman–Crippen LogP) is 3.56. The average Bonchev–Trinajstić information content (AvgIpc) is 2.67. The number of nitrogens with one attached hydrogen (secondary N) is 1. The Morgan fingerprint density at radius 1 is 1.12 bits per heavy atom. The molecule has 0 saturated carbocycles. The quantitative estimate of drug-likeness (QED) is 0.895. The van der Waals surface area contributed by atoms with Crippen LogP contribution < -0.4 is 15.0 Å². The molecule has 5 nitrogen and oxygen atoms in total. The molecular weight excluding hydrogens is 328 g/mol. The third-order valence-electron chi connectivity index (χ3n) is 4.76. The van der Waals surface area contributed by atoms with Gasteiger partial charge in [0.2, 0.25) is 5.91 Å². The van der Waals surface area contributed by atoms with Gasteiger partial charge in [-0.3, -0.25) is 14.5 Å². The Hall–Kier alpha value is -2.82. The maximum Gasteiger partial charge on any atom is 0.265 e. The maximum atomic E-state index is 13.0. The lowest BCUT2D eigenvalue weighted by molar-refractivity contribution is -0.125. The number of ether oxygens (including phenoxy) is 1. The van der Waals surface area contributed by atoms with Crippen molar-refractivity contribution >= 4 is 23.2 Å². The van der Waals surface area contributed by atoms with Crippen molar-refractivity contribution in [1.82, 2.24) is 0 Å². The number of rotatable bonds is 5. The van der Waals surface area contributed by atoms with Gasteiger partial charge in [0.1, 0.15) is 11.8 Å². The second kappa shape index (κ2) is 7.60. The van der Waals surface area contributed by atoms with Crippen molar-refractivity contribution in [1.29, 1.82) is 0 Å². The van der Waals surface area contributed by atoms with E-state index in [0.717, 1.165) is 29.7 Å². The van der Waals surface area contributed by atoms with E-state index in [1.807, 2.05) is 30.3 Å². The molecule has 0 saturated heterocycles. The number of fused-ring (bicyclic) bond motifs is 1. The molecule has 26 heavy (non-hydrogen) atoms. The van der Waals surface area contributed by atoms with Gasteiger partial charge in [0, 0.05) is 5.69 Å². The summed E-state index contributed by atoms with van der Waals surface area (Å²) in [4.78, 5) is 26.9. The van der Waals surface area contributed by atoms with Crippen LogP contribution in [0.4, 0.5) is 11.4 Å². The molecule has 0 spiro atoms. The molecule has 3 rings (SSSR count). The summed E-state index contributed by atoms with van der Waals surface area (Å²) in [5.74, 6) is 0.200. The molecule has 0 bridgehead atoms. The summed E-state index contributed by atoms with van der Waals surface area (Å²) < 4.78 is 5.46. The molecule has 1 atom stereocenters. The van der Waals surface area contributed by atoms with Gasteiger partial charge in [-0.05, 0) is 43.0 Å². The number of amides is 2. The van der Waals surface area contributed by atoms with Crippen molar-refractivity contribution in [3.8, 4) is 5.75 Å². The standard InChI is InChI=1S/C21H24N2O3/c1-4-15-9-8-10-16(5-2)20(15)22-21(25)14(3)23-17-11-6-7-12-18(17)26-13-19(23)24/h6-12,14H,4-5,13H2,1-3H3,(H,22,25). The smallest absolute Gasteiger partial charge is 0.265 e. The van der Waals surface area contributed by atoms with Gasteiger partial charge in [0.05, 0.1) is 5.69 Å². The van der Waals surface area contributed by atoms with E-state index in [-0.39, 0.29) is 18.4 Å². The Bertz CT molecular complexity index is 810. The van der Waals surface area contributed by atoms with E-state index in [4.69, 9.17) is 4.74 Å². The molecule has 0 fully saturated rings. The van der Waals surface area contributed by atoms with Crippen LogP contribution in [0.2, 0.25) is 0 Å². The van der Waals surface area contributed by atoms with Crippen LogP contribution in [0.5, 0.6) is 5.75 Å². The number of benzene rings is 2. The summed E-state index contributed by atoms with van der Waals surface area (Å²) in [5.41, 5.74) is 3.69. The van der Waals surface area contributed by atoms with Crippen LogP contribution in [0.1, 0.15) is 31.9 Å². The van der Waals surface area contributed by atoms with Crippen molar-refractivity contribution in [3.63, 3.8) is 0 Å². The third-order valence-corrected chi connectivity index (χ3v) is 4.76. The van der Waals surface area contributed by atoms with Crippen molar-refractivity contribution < 1.29 is 14.3 Å². The minimum atomic E-state index is -0.637. The normalized spacial score (nSPS) is 14.4. The lowest BCUT2D eigenvalue weighted by atomic mass is 10.0. The summed E-state index contributed by atoms with van der Waals surface area (Å²) in [5, 5.41) is 3.06. The van der Waals surface area contributed by atoms with E-state index in [0.29, 0.717) is 11.4 Å². The van der Waals surface area contributed by atoms with Crippen LogP contribution in [-0.4, -0.2) is 24.5 Å². The number of carbonyl (C=O) groups excluding carboxylic acids is 2. The summed E-state index contributed by atoms with van der Waals surface area (Å²) in [6, 6.07) is 12.7. The van der Waals surface area contributed by atoms with Gasteiger partial charge in [0.25, 0.3) is 5.91 Å². The van der Waals surface area contributed by atoms with Gasteiger partial charge in [-0.1, -0.05) is 44.2 Å². The molecular formula is C21H24N2O3. The van der Waals surface area contributed by atoms with E-state index in [9.17, 15) is 9.59 Å². The minimum Gasteiger partial charge on any atom is -0.482 e. The molecule has 1 heterocycles. The van der Waals surface area contributed by atoms with E-state index in [2.05, 4.69) is 19.2 Å². The van der Waals surface area contributed by atoms with E-state index < -0.39 is 6.04 Å². The molecule has 2 aromatic carbocycles. The molecule has 5 heteroatoms. The zero-order chi connectivity index (χ0) is 18.7. The molecule has 1 unspecified atom stereocenters. The number of nitrogens with zero attached hydrogens (tertiary/aromatic N) is 1. The summed E-state index contributed by atoms with van der Waals surface area (Å²) in [6.07, 6.45) is 1.66. The Balaban J connectivity index is 1.89. The van der Waals surface area contributed by atoms with Crippen molar-refractivity contribution in [2.24, 2.45) is 0 Å². The van der Waals surface area contributed by atoms with Gasteiger partial charge in [-0.25, -0.2) is 0 Å². The topological polar surface area (TPSA) is 58.6 Å². The molecule has 136 valence electrons. The molecule has 2 aromatic rings. The zero-order valence-corrected chi connectivity index (χ0v) is 15.4. The van der Waals surface area contributed by atoms with Crippen LogP contribution in [0.25, 0.3) is 0 Å². The zero-order valence-electron chi connectivity index (χ0n) is 15.4. The van der Waals surface area contributed by atoms with Gasteiger partial charge >= 0.3 is 0 Å². The van der Waals surface area contributed by atoms with Gasteiger partial charge in [-0.2, -0.15) is 0 Å². The fourth-order valence-corrected chi connectivity index (χ4v) is 3.29. The molecule has 1 N–H and O–H groups in total. The number of carbonyl (C=O) groups is 2. The molecule has 1 aliphatic rings. The van der Waals surface area contributed by atoms with E-state index in [1.54, 1.807) is 19.1 Å². The fraction of sp³-hybridized carbons (Fsp3) is 0.333. The van der Waals surface area contributed by atoms with Crippen LogP contribution in [0, 0.1) is 0 Å². The lowest BCUT2D eigenvalue weighted by Gasteiger charge is -2.33. The largest absolute Gasteiger partial charge is 0.482 e. The number of aryl methyl sites for hydroxylation is 2. The average molecular weight is 352 g/mol. The van der Waals surface area contributed by atoms with Crippen LogP contribution in [0.3, 0.4) is 0 Å². The monoisotopic (exact) mass is 352 g/mol. The lowest BCUT2D eigenvalue weighted by Crippen LogP contribution is -2.49. The molecule has 0 aliphatic carbocycles. The number of hydrogen-bond acceptors (Lipinski definition) is 3. The maximum absolute atomic E-state index is 13.0. The summed E-state index contributed by atoms with van der Waals surface area (Å²) in [6.45, 7) is 5.82. The number of para-hydroxylation sites is 3. The summed E-state index contributed by atoms with van der Waals surface area (Å²) in [7, 11) is 0. The Morgan fingerprint density at radius 2 is 1.77 bits per heavy atom. The first-order valence-electron chi connectivity index (χ1n) is 9.02. The van der Waals surface area contributed by atoms with E-state index >= 15 is 0 Å². The highest BCUT2D eigenvalue weighted by Gasteiger charge is 2.33. The minimum absolute atomic E-state index is 0.0552. The summed E-state index contributed by atoms with van der Waals surface area (Å²) >= 11 is 0. The van der Waals surface area contributed by atoms with Gasteiger partial charge in [-0.15, -0.1) is 0 Å². The Morgan fingerprint density at radius 3 is 2.42 bits per heavy atom. The first-order chi connectivity index (χ1) is 12.6. The highest BCUT2D eigenvalue weighted by molar-refractivity contribution is 6.07. The van der Waals surface area contributed by atoms with Crippen molar-refractivity contribution in [2.75, 3.05) is 16.8 Å². The predicted molar refractivity (Wildman–Crippen MR) is 103 cm³/mol. The highest BCUT2D eigenvalue weighted by atomic mass is 16.5. The number of anilines is 2. The molecule has 1 aliphatic heterocycles. The van der Waals surface area contributed by atoms with Gasteiger partial charge < -0.3 is 10.1 Å². The second-order valence-electron chi connectivity index (χ2n) is 6.34. The first kappa shape index (κ1) is 18.0. The third kappa shape index (κ3) is 3.29. The Labute approximate surface area is 154 Å². The van der Waals surface area contributed by atoms with Crippen molar-refractivity contribution in [2.45, 2.75) is 39.7 Å². The fourth-order valence-electron chi connectivity index (χ4n) is 3.29.